The van der Waals surface area contributed by atoms with Crippen LogP contribution in [0.3, 0.4) is 0 Å². The van der Waals surface area contributed by atoms with Gasteiger partial charge in [0.15, 0.2) is 0 Å². The van der Waals surface area contributed by atoms with E-state index in [1.165, 1.54) is 84.8 Å². The SMILES string of the molecule is C=C(C)/C=C(C)\C(C)=C/C.C=C(CC)c1ccc(C)c(OCC)c1.C=Cc1ccccc1CC.CC.CC.CC.CCCC.CCCC.CCCC(C)CCC. The van der Waals surface area contributed by atoms with Gasteiger partial charge in [-0.15, -0.1) is 0 Å². The van der Waals surface area contributed by atoms with E-state index in [0.29, 0.717) is 6.61 Å². The first kappa shape index (κ1) is 67.7. The molecule has 0 saturated heterocycles. The summed E-state index contributed by atoms with van der Waals surface area (Å²) in [5.41, 5.74) is 9.88. The van der Waals surface area contributed by atoms with Crippen LogP contribution in [0.4, 0.5) is 0 Å². The Bertz CT molecular complexity index is 1150. The minimum absolute atomic E-state index is 0.711. The Hall–Kier alpha value is -3.06. The van der Waals surface area contributed by atoms with Crippen molar-refractivity contribution < 1.29 is 4.74 Å². The van der Waals surface area contributed by atoms with E-state index >= 15 is 0 Å². The van der Waals surface area contributed by atoms with E-state index in [9.17, 15) is 0 Å². The fourth-order valence-corrected chi connectivity index (χ4v) is 4.23. The summed E-state index contributed by atoms with van der Waals surface area (Å²) >= 11 is 0. The normalized spacial score (nSPS) is 9.46. The van der Waals surface area contributed by atoms with Gasteiger partial charge >= 0.3 is 0 Å². The molecule has 0 saturated carbocycles. The summed E-state index contributed by atoms with van der Waals surface area (Å²) in [5.74, 6) is 1.93. The Morgan fingerprint density at radius 3 is 1.46 bits per heavy atom. The van der Waals surface area contributed by atoms with Crippen LogP contribution in [0, 0.1) is 12.8 Å². The maximum absolute atomic E-state index is 5.53. The van der Waals surface area contributed by atoms with Crippen LogP contribution in [0.1, 0.15) is 219 Å². The van der Waals surface area contributed by atoms with Crippen molar-refractivity contribution in [1.29, 1.82) is 0 Å². The lowest BCUT2D eigenvalue weighted by Gasteiger charge is -2.10. The van der Waals surface area contributed by atoms with Crippen molar-refractivity contribution in [1.82, 2.24) is 0 Å². The van der Waals surface area contributed by atoms with Gasteiger partial charge in [-0.05, 0) is 99.8 Å². The molecule has 0 heterocycles. The molecule has 0 amide bonds. The van der Waals surface area contributed by atoms with E-state index in [-0.39, 0.29) is 0 Å². The van der Waals surface area contributed by atoms with Gasteiger partial charge in [0, 0.05) is 0 Å². The van der Waals surface area contributed by atoms with Crippen molar-refractivity contribution >= 4 is 11.6 Å². The van der Waals surface area contributed by atoms with Crippen LogP contribution < -0.4 is 4.74 Å². The fraction of sp³-hybridized carbons (Fsp3) is 0.600. The number of rotatable bonds is 14. The molecule has 328 valence electrons. The molecule has 0 spiro atoms. The zero-order valence-corrected chi connectivity index (χ0v) is 42.2. The third-order valence-electron chi connectivity index (χ3n) is 8.06. The molecule has 0 aliphatic heterocycles. The molecule has 0 radical (unpaired) electrons. The molecule has 0 bridgehead atoms. The second kappa shape index (κ2) is 56.3. The topological polar surface area (TPSA) is 9.23 Å². The number of ether oxygens (including phenoxy) is 1. The Morgan fingerprint density at radius 2 is 1.14 bits per heavy atom. The van der Waals surface area contributed by atoms with Gasteiger partial charge in [0.25, 0.3) is 0 Å². The monoisotopic (exact) mass is 779 g/mol. The highest BCUT2D eigenvalue weighted by Crippen LogP contribution is 2.24. The van der Waals surface area contributed by atoms with Crippen LogP contribution in [0.2, 0.25) is 0 Å². The molecular weight excluding hydrogens is 677 g/mol. The highest BCUT2D eigenvalue weighted by molar-refractivity contribution is 5.65. The van der Waals surface area contributed by atoms with Crippen molar-refractivity contribution in [2.75, 3.05) is 6.61 Å². The number of unbranched alkanes of at least 4 members (excludes halogenated alkanes) is 2. The average molecular weight is 779 g/mol. The van der Waals surface area contributed by atoms with E-state index in [4.69, 9.17) is 4.74 Å². The first-order chi connectivity index (χ1) is 26.8. The Kier molecular flexibility index (Phi) is 68.0. The van der Waals surface area contributed by atoms with Gasteiger partial charge in [-0.2, -0.15) is 0 Å². The van der Waals surface area contributed by atoms with Gasteiger partial charge in [0.1, 0.15) is 5.75 Å². The van der Waals surface area contributed by atoms with Gasteiger partial charge in [-0.3, -0.25) is 0 Å². The van der Waals surface area contributed by atoms with Gasteiger partial charge in [0.2, 0.25) is 0 Å². The minimum atomic E-state index is 0.711. The molecule has 56 heavy (non-hydrogen) atoms. The highest BCUT2D eigenvalue weighted by Gasteiger charge is 2.02. The lowest BCUT2D eigenvalue weighted by Crippen LogP contribution is -1.95. The van der Waals surface area contributed by atoms with Crippen molar-refractivity contribution in [3.05, 3.63) is 113 Å². The molecule has 0 unspecified atom stereocenters. The standard InChI is InChI=1S/C13H18O.C10H12.C10H16.C8H18.2C4H10.3C2H6/c1-5-10(3)12-8-7-11(4)13(9-12)14-6-2;1-3-9-7-5-6-8-10(9)4-2;1-6-9(4)10(5)7-8(2)3;1-4-6-8(3)7-5-2;2*1-3-4-2;3*1-2/h7-9H,3,5-6H2,1-2,4H3;3,5-8H,1,4H2,2H3;6-7H,2H2,1,3-5H3;8H,4-7H2,1-3H3;2*3-4H2,1-2H3;3*1-2H3/b;;9-6-,10-7-;;;;;;. The van der Waals surface area contributed by atoms with Gasteiger partial charge in [0.05, 0.1) is 6.61 Å². The van der Waals surface area contributed by atoms with E-state index in [1.54, 1.807) is 0 Å². The Balaban J connectivity index is -0.000000104. The predicted molar refractivity (Wildman–Crippen MR) is 270 cm³/mol. The molecule has 2 aromatic rings. The highest BCUT2D eigenvalue weighted by atomic mass is 16.5. The van der Waals surface area contributed by atoms with E-state index < -0.39 is 0 Å². The summed E-state index contributed by atoms with van der Waals surface area (Å²) in [6.07, 6.45) is 19.0. The van der Waals surface area contributed by atoms with Crippen LogP contribution in [-0.4, -0.2) is 6.61 Å². The summed E-state index contributed by atoms with van der Waals surface area (Å²) in [6, 6.07) is 14.6. The van der Waals surface area contributed by atoms with Crippen LogP contribution in [0.25, 0.3) is 11.6 Å². The second-order valence-electron chi connectivity index (χ2n) is 13.0. The van der Waals surface area contributed by atoms with Gasteiger partial charge < -0.3 is 4.74 Å². The summed E-state index contributed by atoms with van der Waals surface area (Å²) in [4.78, 5) is 0. The quantitative estimate of drug-likeness (QED) is 0.174. The first-order valence-corrected chi connectivity index (χ1v) is 22.9. The number of allylic oxidation sites excluding steroid dienone is 6. The largest absolute Gasteiger partial charge is 0.494 e. The van der Waals surface area contributed by atoms with Crippen LogP contribution in [0.15, 0.2) is 91.1 Å². The Labute approximate surface area is 356 Å². The predicted octanol–water partition coefficient (Wildman–Crippen LogP) is 20.1. The number of hydrogen-bond acceptors (Lipinski definition) is 1. The van der Waals surface area contributed by atoms with Crippen LogP contribution >= 0.6 is 0 Å². The molecule has 0 aromatic heterocycles. The van der Waals surface area contributed by atoms with Crippen LogP contribution in [-0.2, 0) is 6.42 Å². The molecule has 1 nitrogen and oxygen atoms in total. The molecule has 1 heteroatoms. The van der Waals surface area contributed by atoms with Crippen LogP contribution in [0.5, 0.6) is 5.75 Å². The number of hydrogen-bond donors (Lipinski definition) is 0. The Morgan fingerprint density at radius 1 is 0.679 bits per heavy atom. The molecule has 0 N–H and O–H groups in total. The zero-order valence-electron chi connectivity index (χ0n) is 42.2. The summed E-state index contributed by atoms with van der Waals surface area (Å²) in [5, 5.41) is 0. The second-order valence-corrected chi connectivity index (χ2v) is 13.0. The fourth-order valence-electron chi connectivity index (χ4n) is 4.23. The third kappa shape index (κ3) is 47.1. The van der Waals surface area contributed by atoms with Crippen molar-refractivity contribution in [2.24, 2.45) is 5.92 Å². The molecule has 0 fully saturated rings. The van der Waals surface area contributed by atoms with Crippen molar-refractivity contribution in [2.45, 2.75) is 210 Å². The van der Waals surface area contributed by atoms with E-state index in [2.05, 4.69) is 151 Å². The van der Waals surface area contributed by atoms with Crippen molar-refractivity contribution in [3.63, 3.8) is 0 Å². The van der Waals surface area contributed by atoms with E-state index in [1.807, 2.05) is 74.5 Å². The molecule has 0 atom stereocenters. The average Bonchev–Trinajstić information content (AvgIpc) is 3.24. The number of aryl methyl sites for hydroxylation is 2. The lowest BCUT2D eigenvalue weighted by atomic mass is 10.0. The van der Waals surface area contributed by atoms with Gasteiger partial charge in [-0.25, -0.2) is 0 Å². The molecular formula is C55H102O. The third-order valence-corrected chi connectivity index (χ3v) is 8.06. The number of benzene rings is 2. The molecule has 0 aliphatic rings. The molecule has 0 aliphatic carbocycles. The summed E-state index contributed by atoms with van der Waals surface area (Å²) < 4.78 is 5.53. The lowest BCUT2D eigenvalue weighted by molar-refractivity contribution is 0.338. The molecule has 2 aromatic carbocycles. The van der Waals surface area contributed by atoms with Gasteiger partial charge in [-0.1, -0.05) is 241 Å². The van der Waals surface area contributed by atoms with E-state index in [0.717, 1.165) is 35.7 Å². The smallest absolute Gasteiger partial charge is 0.122 e. The molecule has 2 rings (SSSR count). The summed E-state index contributed by atoms with van der Waals surface area (Å²) in [6.45, 7) is 56.4. The maximum Gasteiger partial charge on any atom is 0.122 e. The minimum Gasteiger partial charge on any atom is -0.494 e. The maximum atomic E-state index is 5.53. The first-order valence-electron chi connectivity index (χ1n) is 22.9. The zero-order chi connectivity index (χ0) is 45.3. The van der Waals surface area contributed by atoms with Crippen molar-refractivity contribution in [3.8, 4) is 5.75 Å². The summed E-state index contributed by atoms with van der Waals surface area (Å²) in [7, 11) is 0.